The van der Waals surface area contributed by atoms with Crippen LogP contribution in [0.15, 0.2) is 27.8 Å². The first-order chi connectivity index (χ1) is 11.9. The predicted molar refractivity (Wildman–Crippen MR) is 98.9 cm³/mol. The zero-order valence-electron chi connectivity index (χ0n) is 14.5. The lowest BCUT2D eigenvalue weighted by Crippen LogP contribution is -2.39. The van der Waals surface area contributed by atoms with Gasteiger partial charge in [-0.15, -0.1) is 0 Å². The summed E-state index contributed by atoms with van der Waals surface area (Å²) >= 11 is 1.82. The van der Waals surface area contributed by atoms with Crippen LogP contribution in [0.5, 0.6) is 0 Å². The molecule has 2 rings (SSSR count). The average molecular weight is 356 g/mol. The van der Waals surface area contributed by atoms with Crippen molar-refractivity contribution in [3.8, 4) is 0 Å². The van der Waals surface area contributed by atoms with Crippen molar-refractivity contribution in [3.63, 3.8) is 0 Å². The minimum Gasteiger partial charge on any atom is -0.469 e. The Kier molecular flexibility index (Phi) is 9.75. The second-order valence-electron chi connectivity index (χ2n) is 5.62. The van der Waals surface area contributed by atoms with Crippen LogP contribution in [-0.4, -0.2) is 63.5 Å². The van der Waals surface area contributed by atoms with E-state index in [1.54, 1.807) is 6.26 Å². The van der Waals surface area contributed by atoms with Crippen LogP contribution in [0.3, 0.4) is 0 Å². The summed E-state index contributed by atoms with van der Waals surface area (Å²) in [5.74, 6) is 2.90. The molecule has 1 aliphatic heterocycles. The van der Waals surface area contributed by atoms with Crippen LogP contribution in [0.25, 0.3) is 0 Å². The summed E-state index contributed by atoms with van der Waals surface area (Å²) in [4.78, 5) is 4.62. The van der Waals surface area contributed by atoms with Gasteiger partial charge in [-0.05, 0) is 31.2 Å². The predicted octanol–water partition coefficient (Wildman–Crippen LogP) is 1.92. The molecule has 1 fully saturated rings. The van der Waals surface area contributed by atoms with E-state index in [1.807, 2.05) is 23.9 Å². The number of hydrogen-bond donors (Lipinski definition) is 2. The van der Waals surface area contributed by atoms with Gasteiger partial charge in [0, 0.05) is 45.0 Å². The van der Waals surface area contributed by atoms with Gasteiger partial charge in [0.05, 0.1) is 19.0 Å². The van der Waals surface area contributed by atoms with Crippen molar-refractivity contribution < 1.29 is 13.9 Å². The summed E-state index contributed by atoms with van der Waals surface area (Å²) in [7, 11) is 0. The van der Waals surface area contributed by atoms with E-state index in [4.69, 9.17) is 13.9 Å². The molecule has 0 spiro atoms. The number of thioether (sulfide) groups is 1. The van der Waals surface area contributed by atoms with E-state index in [-0.39, 0.29) is 6.10 Å². The van der Waals surface area contributed by atoms with Gasteiger partial charge < -0.3 is 24.5 Å². The molecule has 0 aliphatic carbocycles. The molecular weight excluding hydrogens is 326 g/mol. The lowest BCUT2D eigenvalue weighted by molar-refractivity contribution is 0.0424. The lowest BCUT2D eigenvalue weighted by Gasteiger charge is -2.12. The normalized spacial score (nSPS) is 18.0. The maximum absolute atomic E-state index is 5.76. The Morgan fingerprint density at radius 2 is 2.33 bits per heavy atom. The van der Waals surface area contributed by atoms with Crippen molar-refractivity contribution in [3.05, 3.63) is 24.2 Å². The largest absolute Gasteiger partial charge is 0.469 e. The Hall–Kier alpha value is -1.18. The number of aliphatic imine (C=N–C) groups is 1. The average Bonchev–Trinajstić information content (AvgIpc) is 3.28. The van der Waals surface area contributed by atoms with Crippen LogP contribution in [0.4, 0.5) is 0 Å². The van der Waals surface area contributed by atoms with E-state index in [9.17, 15) is 0 Å². The third kappa shape index (κ3) is 8.08. The summed E-state index contributed by atoms with van der Waals surface area (Å²) in [6.45, 7) is 4.76. The van der Waals surface area contributed by atoms with Crippen molar-refractivity contribution in [2.75, 3.05) is 51.5 Å². The molecule has 2 N–H and O–H groups in total. The molecule has 1 aromatic heterocycles. The van der Waals surface area contributed by atoms with E-state index >= 15 is 0 Å². The molecule has 1 unspecified atom stereocenters. The Morgan fingerprint density at radius 1 is 1.42 bits per heavy atom. The Balaban J connectivity index is 1.63. The number of rotatable bonds is 11. The first-order valence-electron chi connectivity index (χ1n) is 8.61. The number of guanidine groups is 1. The highest BCUT2D eigenvalue weighted by Crippen LogP contribution is 2.08. The molecule has 0 aromatic carbocycles. The van der Waals surface area contributed by atoms with Gasteiger partial charge >= 0.3 is 0 Å². The summed E-state index contributed by atoms with van der Waals surface area (Å²) in [6, 6.07) is 3.90. The van der Waals surface area contributed by atoms with Crippen LogP contribution in [-0.2, 0) is 15.9 Å². The quantitative estimate of drug-likeness (QED) is 0.359. The van der Waals surface area contributed by atoms with Crippen molar-refractivity contribution in [2.24, 2.45) is 4.99 Å². The van der Waals surface area contributed by atoms with Gasteiger partial charge in [-0.3, -0.25) is 4.99 Å². The Bertz CT molecular complexity index is 448. The van der Waals surface area contributed by atoms with E-state index in [0.29, 0.717) is 0 Å². The summed E-state index contributed by atoms with van der Waals surface area (Å²) < 4.78 is 16.4. The standard InChI is InChI=1S/C17H29N3O3S/c1-24-13-9-20-17(19-8-5-15-4-2-10-22-15)18-7-3-11-23-16-6-12-21-14-16/h2,4,10,16H,3,5-9,11-14H2,1H3,(H2,18,19,20). The highest BCUT2D eigenvalue weighted by Gasteiger charge is 2.15. The minimum absolute atomic E-state index is 0.277. The fourth-order valence-corrected chi connectivity index (χ4v) is 2.66. The summed E-state index contributed by atoms with van der Waals surface area (Å²) in [5.41, 5.74) is 0. The van der Waals surface area contributed by atoms with Crippen molar-refractivity contribution in [1.29, 1.82) is 0 Å². The second-order valence-corrected chi connectivity index (χ2v) is 6.60. The van der Waals surface area contributed by atoms with E-state index in [2.05, 4.69) is 21.9 Å². The van der Waals surface area contributed by atoms with Gasteiger partial charge in [0.15, 0.2) is 5.96 Å². The van der Waals surface area contributed by atoms with Crippen molar-refractivity contribution in [1.82, 2.24) is 10.6 Å². The molecule has 1 aliphatic rings. The fraction of sp³-hybridized carbons (Fsp3) is 0.706. The lowest BCUT2D eigenvalue weighted by atomic mass is 10.3. The van der Waals surface area contributed by atoms with E-state index in [0.717, 1.165) is 76.2 Å². The molecule has 1 saturated heterocycles. The first kappa shape index (κ1) is 19.1. The number of ether oxygens (including phenoxy) is 2. The molecule has 24 heavy (non-hydrogen) atoms. The molecule has 0 saturated carbocycles. The van der Waals surface area contributed by atoms with Gasteiger partial charge in [-0.1, -0.05) is 0 Å². The molecule has 1 atom stereocenters. The molecule has 6 nitrogen and oxygen atoms in total. The van der Waals surface area contributed by atoms with Gasteiger partial charge in [0.1, 0.15) is 5.76 Å². The second kappa shape index (κ2) is 12.2. The molecule has 1 aromatic rings. The van der Waals surface area contributed by atoms with Crippen molar-refractivity contribution in [2.45, 2.75) is 25.4 Å². The van der Waals surface area contributed by atoms with Crippen LogP contribution in [0, 0.1) is 0 Å². The zero-order valence-corrected chi connectivity index (χ0v) is 15.3. The van der Waals surface area contributed by atoms with Crippen LogP contribution < -0.4 is 10.6 Å². The first-order valence-corrected chi connectivity index (χ1v) is 10.0. The number of hydrogen-bond acceptors (Lipinski definition) is 5. The van der Waals surface area contributed by atoms with E-state index in [1.165, 1.54) is 0 Å². The number of nitrogens with zero attached hydrogens (tertiary/aromatic N) is 1. The molecule has 7 heteroatoms. The Morgan fingerprint density at radius 3 is 3.08 bits per heavy atom. The maximum Gasteiger partial charge on any atom is 0.191 e. The molecule has 0 radical (unpaired) electrons. The van der Waals surface area contributed by atoms with Crippen LogP contribution in [0.1, 0.15) is 18.6 Å². The minimum atomic E-state index is 0.277. The smallest absolute Gasteiger partial charge is 0.191 e. The molecule has 0 amide bonds. The highest BCUT2D eigenvalue weighted by atomic mass is 32.2. The van der Waals surface area contributed by atoms with Gasteiger partial charge in [-0.2, -0.15) is 11.8 Å². The fourth-order valence-electron chi connectivity index (χ4n) is 2.35. The summed E-state index contributed by atoms with van der Waals surface area (Å²) in [6.07, 6.45) is 6.87. The SMILES string of the molecule is CSCCNC(=NCCCOC1CCOC1)NCCc1ccco1. The van der Waals surface area contributed by atoms with Gasteiger partial charge in [0.2, 0.25) is 0 Å². The van der Waals surface area contributed by atoms with Gasteiger partial charge in [-0.25, -0.2) is 0 Å². The molecule has 0 bridgehead atoms. The molecule has 136 valence electrons. The highest BCUT2D eigenvalue weighted by molar-refractivity contribution is 7.98. The monoisotopic (exact) mass is 355 g/mol. The third-order valence-electron chi connectivity index (χ3n) is 3.66. The van der Waals surface area contributed by atoms with E-state index < -0.39 is 0 Å². The van der Waals surface area contributed by atoms with Crippen LogP contribution in [0.2, 0.25) is 0 Å². The van der Waals surface area contributed by atoms with Crippen molar-refractivity contribution >= 4 is 17.7 Å². The molecule has 2 heterocycles. The Labute approximate surface area is 148 Å². The number of furan rings is 1. The number of nitrogens with one attached hydrogen (secondary N) is 2. The van der Waals surface area contributed by atoms with Gasteiger partial charge in [0.25, 0.3) is 0 Å². The summed E-state index contributed by atoms with van der Waals surface area (Å²) in [5, 5.41) is 6.72. The third-order valence-corrected chi connectivity index (χ3v) is 4.27. The van der Waals surface area contributed by atoms with Crippen LogP contribution >= 0.6 is 11.8 Å². The topological polar surface area (TPSA) is 68.0 Å². The zero-order chi connectivity index (χ0) is 16.9. The maximum atomic E-state index is 5.76. The molecular formula is C17H29N3O3S.